The van der Waals surface area contributed by atoms with Crippen molar-refractivity contribution >= 4 is 21.7 Å². The smallest absolute Gasteiger partial charge is 0.136 e. The molecule has 0 saturated heterocycles. The molecule has 0 radical (unpaired) electrons. The van der Waals surface area contributed by atoms with Gasteiger partial charge in [-0.2, -0.15) is 0 Å². The Morgan fingerprint density at radius 1 is 1.00 bits per heavy atom. The number of carbonyl (C=O) groups excluding carboxylic acids is 1. The van der Waals surface area contributed by atoms with Crippen LogP contribution < -0.4 is 0 Å². The lowest BCUT2D eigenvalue weighted by molar-refractivity contribution is -0.122. The standard InChI is InChI=1S/C19H21BrO/c1-14-3-5-17(6-4-14)13-15(2)19(21)12-9-16-7-10-18(20)11-8-16/h3-8,10-11,15H,9,12-13H2,1-2H3. The fourth-order valence-corrected chi connectivity index (χ4v) is 2.62. The summed E-state index contributed by atoms with van der Waals surface area (Å²) in [4.78, 5) is 12.2. The first-order valence-corrected chi connectivity index (χ1v) is 8.16. The third kappa shape index (κ3) is 5.13. The minimum absolute atomic E-state index is 0.0863. The molecule has 2 heteroatoms. The van der Waals surface area contributed by atoms with Gasteiger partial charge in [-0.1, -0.05) is 64.8 Å². The molecule has 1 nitrogen and oxygen atoms in total. The van der Waals surface area contributed by atoms with Crippen LogP contribution in [0.4, 0.5) is 0 Å². The second-order valence-electron chi connectivity index (χ2n) is 5.68. The summed E-state index contributed by atoms with van der Waals surface area (Å²) >= 11 is 3.42. The molecule has 0 bridgehead atoms. The lowest BCUT2D eigenvalue weighted by Crippen LogP contribution is -2.14. The van der Waals surface area contributed by atoms with Gasteiger partial charge in [-0.05, 0) is 43.0 Å². The maximum absolute atomic E-state index is 12.2. The summed E-state index contributed by atoms with van der Waals surface area (Å²) in [5, 5.41) is 0. The minimum Gasteiger partial charge on any atom is -0.299 e. The SMILES string of the molecule is Cc1ccc(CC(C)C(=O)CCc2ccc(Br)cc2)cc1. The second kappa shape index (κ2) is 7.56. The van der Waals surface area contributed by atoms with E-state index < -0.39 is 0 Å². The van der Waals surface area contributed by atoms with Gasteiger partial charge in [0.1, 0.15) is 5.78 Å². The fourth-order valence-electron chi connectivity index (χ4n) is 2.36. The van der Waals surface area contributed by atoms with Crippen LogP contribution in [0.5, 0.6) is 0 Å². The Balaban J connectivity index is 1.84. The molecule has 0 aliphatic heterocycles. The van der Waals surface area contributed by atoms with Crippen LogP contribution in [0, 0.1) is 12.8 Å². The average Bonchev–Trinajstić information content (AvgIpc) is 2.48. The number of rotatable bonds is 6. The van der Waals surface area contributed by atoms with E-state index in [1.165, 1.54) is 16.7 Å². The van der Waals surface area contributed by atoms with Crippen molar-refractivity contribution in [3.8, 4) is 0 Å². The quantitative estimate of drug-likeness (QED) is 0.709. The molecule has 110 valence electrons. The lowest BCUT2D eigenvalue weighted by Gasteiger charge is -2.11. The van der Waals surface area contributed by atoms with Crippen LogP contribution in [0.3, 0.4) is 0 Å². The van der Waals surface area contributed by atoms with Crippen molar-refractivity contribution in [3.63, 3.8) is 0 Å². The lowest BCUT2D eigenvalue weighted by atomic mass is 9.93. The highest BCUT2D eigenvalue weighted by Gasteiger charge is 2.13. The number of benzene rings is 2. The van der Waals surface area contributed by atoms with E-state index in [1.807, 2.05) is 19.1 Å². The fraction of sp³-hybridized carbons (Fsp3) is 0.316. The molecule has 0 amide bonds. The van der Waals surface area contributed by atoms with Gasteiger partial charge in [-0.15, -0.1) is 0 Å². The van der Waals surface area contributed by atoms with Crippen LogP contribution in [0.1, 0.15) is 30.0 Å². The van der Waals surface area contributed by atoms with Crippen LogP contribution in [0.15, 0.2) is 53.0 Å². The normalized spacial score (nSPS) is 12.1. The molecule has 1 unspecified atom stereocenters. The molecular weight excluding hydrogens is 324 g/mol. The summed E-state index contributed by atoms with van der Waals surface area (Å²) in [6.45, 7) is 4.11. The summed E-state index contributed by atoms with van der Waals surface area (Å²) in [6, 6.07) is 16.6. The number of halogens is 1. The highest BCUT2D eigenvalue weighted by molar-refractivity contribution is 9.10. The topological polar surface area (TPSA) is 17.1 Å². The zero-order valence-electron chi connectivity index (χ0n) is 12.6. The van der Waals surface area contributed by atoms with Crippen molar-refractivity contribution in [1.82, 2.24) is 0 Å². The van der Waals surface area contributed by atoms with Gasteiger partial charge in [0.2, 0.25) is 0 Å². The molecule has 1 atom stereocenters. The zero-order chi connectivity index (χ0) is 15.2. The molecule has 0 fully saturated rings. The Bertz CT molecular complexity index is 584. The molecule has 0 saturated carbocycles. The highest BCUT2D eigenvalue weighted by atomic mass is 79.9. The van der Waals surface area contributed by atoms with Gasteiger partial charge in [-0.3, -0.25) is 4.79 Å². The van der Waals surface area contributed by atoms with Crippen LogP contribution in [-0.4, -0.2) is 5.78 Å². The number of ketones is 1. The molecular formula is C19H21BrO. The number of hydrogen-bond acceptors (Lipinski definition) is 1. The summed E-state index contributed by atoms with van der Waals surface area (Å²) in [5.41, 5.74) is 3.71. The van der Waals surface area contributed by atoms with E-state index in [0.717, 1.165) is 17.3 Å². The van der Waals surface area contributed by atoms with Crippen molar-refractivity contribution in [1.29, 1.82) is 0 Å². The molecule has 21 heavy (non-hydrogen) atoms. The van der Waals surface area contributed by atoms with E-state index >= 15 is 0 Å². The Hall–Kier alpha value is -1.41. The minimum atomic E-state index is 0.0863. The molecule has 2 rings (SSSR count). The van der Waals surface area contributed by atoms with E-state index in [4.69, 9.17) is 0 Å². The van der Waals surface area contributed by atoms with Crippen molar-refractivity contribution in [2.24, 2.45) is 5.92 Å². The molecule has 0 N–H and O–H groups in total. The highest BCUT2D eigenvalue weighted by Crippen LogP contribution is 2.15. The third-order valence-electron chi connectivity index (χ3n) is 3.79. The van der Waals surface area contributed by atoms with Crippen LogP contribution in [-0.2, 0) is 17.6 Å². The van der Waals surface area contributed by atoms with Crippen LogP contribution >= 0.6 is 15.9 Å². The summed E-state index contributed by atoms with van der Waals surface area (Å²) in [7, 11) is 0. The number of carbonyl (C=O) groups is 1. The molecule has 0 heterocycles. The van der Waals surface area contributed by atoms with Crippen molar-refractivity contribution < 1.29 is 4.79 Å². The van der Waals surface area contributed by atoms with Crippen molar-refractivity contribution in [2.75, 3.05) is 0 Å². The molecule has 2 aromatic rings. The Morgan fingerprint density at radius 3 is 2.19 bits per heavy atom. The first kappa shape index (κ1) is 16.0. The van der Waals surface area contributed by atoms with Gasteiger partial charge in [0.15, 0.2) is 0 Å². The van der Waals surface area contributed by atoms with Gasteiger partial charge in [0.05, 0.1) is 0 Å². The van der Waals surface area contributed by atoms with Gasteiger partial charge < -0.3 is 0 Å². The first-order chi connectivity index (χ1) is 10.0. The molecule has 0 aliphatic carbocycles. The molecule has 0 aromatic heterocycles. The summed E-state index contributed by atoms with van der Waals surface area (Å²) in [5.74, 6) is 0.432. The van der Waals surface area contributed by atoms with E-state index in [9.17, 15) is 4.79 Å². The predicted octanol–water partition coefficient (Wildman–Crippen LogP) is 5.14. The Kier molecular flexibility index (Phi) is 5.75. The maximum atomic E-state index is 12.2. The second-order valence-corrected chi connectivity index (χ2v) is 6.60. The monoisotopic (exact) mass is 344 g/mol. The average molecular weight is 345 g/mol. The third-order valence-corrected chi connectivity index (χ3v) is 4.31. The first-order valence-electron chi connectivity index (χ1n) is 7.37. The van der Waals surface area contributed by atoms with Crippen molar-refractivity contribution in [2.45, 2.75) is 33.1 Å². The summed E-state index contributed by atoms with van der Waals surface area (Å²) in [6.07, 6.45) is 2.28. The van der Waals surface area contributed by atoms with E-state index in [2.05, 4.69) is 59.3 Å². The van der Waals surface area contributed by atoms with E-state index in [1.54, 1.807) is 0 Å². The van der Waals surface area contributed by atoms with Gasteiger partial charge in [0.25, 0.3) is 0 Å². The van der Waals surface area contributed by atoms with E-state index in [-0.39, 0.29) is 5.92 Å². The maximum Gasteiger partial charge on any atom is 0.136 e. The molecule has 0 spiro atoms. The van der Waals surface area contributed by atoms with Gasteiger partial charge >= 0.3 is 0 Å². The van der Waals surface area contributed by atoms with Gasteiger partial charge in [0, 0.05) is 16.8 Å². The van der Waals surface area contributed by atoms with Crippen molar-refractivity contribution in [3.05, 3.63) is 69.7 Å². The van der Waals surface area contributed by atoms with E-state index in [0.29, 0.717) is 12.2 Å². The number of aryl methyl sites for hydroxylation is 2. The predicted molar refractivity (Wildman–Crippen MR) is 91.5 cm³/mol. The molecule has 0 aliphatic rings. The zero-order valence-corrected chi connectivity index (χ0v) is 14.2. The van der Waals surface area contributed by atoms with Crippen LogP contribution in [0.2, 0.25) is 0 Å². The Labute approximate surface area is 135 Å². The largest absolute Gasteiger partial charge is 0.299 e. The molecule has 2 aromatic carbocycles. The van der Waals surface area contributed by atoms with Crippen LogP contribution in [0.25, 0.3) is 0 Å². The summed E-state index contributed by atoms with van der Waals surface area (Å²) < 4.78 is 1.07. The number of Topliss-reactive ketones (excluding diaryl/α,β-unsaturated/α-hetero) is 1. The Morgan fingerprint density at radius 2 is 1.57 bits per heavy atom. The number of hydrogen-bond donors (Lipinski definition) is 0. The van der Waals surface area contributed by atoms with Gasteiger partial charge in [-0.25, -0.2) is 0 Å².